The molecular weight excluding hydrogens is 226 g/mol. The highest BCUT2D eigenvalue weighted by Gasteiger charge is 2.14. The molecule has 0 fully saturated rings. The molecule has 1 unspecified atom stereocenters. The molecule has 3 heteroatoms. The number of unbranched alkanes of at least 4 members (excludes halogenated alkanes) is 1. The summed E-state index contributed by atoms with van der Waals surface area (Å²) >= 11 is 0. The predicted octanol–water partition coefficient (Wildman–Crippen LogP) is 3.79. The molecule has 0 spiro atoms. The van der Waals surface area contributed by atoms with E-state index in [1.807, 2.05) is 6.92 Å². The van der Waals surface area contributed by atoms with Gasteiger partial charge in [0.15, 0.2) is 0 Å². The quantitative estimate of drug-likeness (QED) is 0.452. The van der Waals surface area contributed by atoms with Crippen molar-refractivity contribution in [2.24, 2.45) is 11.3 Å². The highest BCUT2D eigenvalue weighted by Crippen LogP contribution is 2.25. The second kappa shape index (κ2) is 10.8. The molecule has 0 aromatic carbocycles. The third-order valence-corrected chi connectivity index (χ3v) is 2.75. The van der Waals surface area contributed by atoms with Crippen molar-refractivity contribution in [3.8, 4) is 0 Å². The summed E-state index contributed by atoms with van der Waals surface area (Å²) in [6, 6.07) is 0. The molecule has 3 nitrogen and oxygen atoms in total. The highest BCUT2D eigenvalue weighted by atomic mass is 16.6. The summed E-state index contributed by atoms with van der Waals surface area (Å²) in [7, 11) is 0. The molecule has 0 aliphatic carbocycles. The SMILES string of the molecule is CCNOCCCCOCCC(C)CC(C)(C)C. The molecular formula is C15H33NO2. The molecule has 0 radical (unpaired) electrons. The first-order valence-electron chi connectivity index (χ1n) is 7.38. The summed E-state index contributed by atoms with van der Waals surface area (Å²) in [4.78, 5) is 5.18. The normalized spacial score (nSPS) is 13.8. The van der Waals surface area contributed by atoms with Gasteiger partial charge in [0.1, 0.15) is 0 Å². The van der Waals surface area contributed by atoms with Gasteiger partial charge < -0.3 is 9.57 Å². The topological polar surface area (TPSA) is 30.5 Å². The van der Waals surface area contributed by atoms with E-state index in [9.17, 15) is 0 Å². The monoisotopic (exact) mass is 259 g/mol. The standard InChI is InChI=1S/C15H33NO2/c1-6-16-18-11-8-7-10-17-12-9-14(2)13-15(3,4)5/h14,16H,6-13H2,1-5H3. The number of hydrogen-bond donors (Lipinski definition) is 1. The molecule has 0 aromatic rings. The fourth-order valence-electron chi connectivity index (χ4n) is 2.09. The Balaban J connectivity index is 3.20. The van der Waals surface area contributed by atoms with Crippen LogP contribution in [0.3, 0.4) is 0 Å². The zero-order chi connectivity index (χ0) is 13.9. The third kappa shape index (κ3) is 13.9. The number of rotatable bonds is 11. The van der Waals surface area contributed by atoms with Crippen LogP contribution >= 0.6 is 0 Å². The van der Waals surface area contributed by atoms with Gasteiger partial charge in [-0.2, -0.15) is 0 Å². The second-order valence-electron chi connectivity index (χ2n) is 6.32. The summed E-state index contributed by atoms with van der Waals surface area (Å²) in [5, 5.41) is 0. The van der Waals surface area contributed by atoms with Gasteiger partial charge in [0.05, 0.1) is 6.61 Å². The Morgan fingerprint density at radius 2 is 1.72 bits per heavy atom. The Morgan fingerprint density at radius 3 is 2.33 bits per heavy atom. The van der Waals surface area contributed by atoms with Gasteiger partial charge in [-0.05, 0) is 37.0 Å². The zero-order valence-corrected chi connectivity index (χ0v) is 13.1. The van der Waals surface area contributed by atoms with E-state index in [2.05, 4.69) is 33.2 Å². The van der Waals surface area contributed by atoms with Crippen molar-refractivity contribution in [2.75, 3.05) is 26.4 Å². The fourth-order valence-corrected chi connectivity index (χ4v) is 2.09. The van der Waals surface area contributed by atoms with Gasteiger partial charge in [-0.15, -0.1) is 0 Å². The molecule has 0 heterocycles. The van der Waals surface area contributed by atoms with Crippen molar-refractivity contribution in [3.05, 3.63) is 0 Å². The minimum absolute atomic E-state index is 0.434. The maximum absolute atomic E-state index is 5.65. The van der Waals surface area contributed by atoms with E-state index in [1.165, 1.54) is 12.8 Å². The lowest BCUT2D eigenvalue weighted by Gasteiger charge is -2.23. The van der Waals surface area contributed by atoms with E-state index in [0.717, 1.165) is 45.1 Å². The van der Waals surface area contributed by atoms with E-state index >= 15 is 0 Å². The average Bonchev–Trinajstić information content (AvgIpc) is 2.24. The maximum Gasteiger partial charge on any atom is 0.0683 e. The van der Waals surface area contributed by atoms with Gasteiger partial charge in [0.25, 0.3) is 0 Å². The van der Waals surface area contributed by atoms with Crippen LogP contribution in [0, 0.1) is 11.3 Å². The smallest absolute Gasteiger partial charge is 0.0683 e. The van der Waals surface area contributed by atoms with Crippen LogP contribution in [0.25, 0.3) is 0 Å². The summed E-state index contributed by atoms with van der Waals surface area (Å²) in [5.41, 5.74) is 3.28. The Bertz CT molecular complexity index is 178. The molecule has 0 aliphatic rings. The largest absolute Gasteiger partial charge is 0.381 e. The van der Waals surface area contributed by atoms with Crippen molar-refractivity contribution in [1.29, 1.82) is 0 Å². The van der Waals surface area contributed by atoms with Crippen molar-refractivity contribution >= 4 is 0 Å². The molecule has 0 aliphatic heterocycles. The summed E-state index contributed by atoms with van der Waals surface area (Å²) in [6.07, 6.45) is 4.58. The number of ether oxygens (including phenoxy) is 1. The molecule has 0 amide bonds. The highest BCUT2D eigenvalue weighted by molar-refractivity contribution is 4.66. The second-order valence-corrected chi connectivity index (χ2v) is 6.32. The van der Waals surface area contributed by atoms with Crippen molar-refractivity contribution in [3.63, 3.8) is 0 Å². The molecule has 18 heavy (non-hydrogen) atoms. The molecule has 0 aromatic heterocycles. The van der Waals surface area contributed by atoms with Gasteiger partial charge >= 0.3 is 0 Å². The molecule has 0 saturated heterocycles. The van der Waals surface area contributed by atoms with E-state index in [0.29, 0.717) is 5.41 Å². The van der Waals surface area contributed by atoms with E-state index < -0.39 is 0 Å². The molecule has 0 bridgehead atoms. The lowest BCUT2D eigenvalue weighted by molar-refractivity contribution is 0.0359. The predicted molar refractivity (Wildman–Crippen MR) is 77.5 cm³/mol. The van der Waals surface area contributed by atoms with Crippen LogP contribution in [0.2, 0.25) is 0 Å². The average molecular weight is 259 g/mol. The number of hydrogen-bond acceptors (Lipinski definition) is 3. The first kappa shape index (κ1) is 17.9. The van der Waals surface area contributed by atoms with Crippen molar-refractivity contribution in [2.45, 2.75) is 60.3 Å². The van der Waals surface area contributed by atoms with E-state index in [1.54, 1.807) is 0 Å². The first-order chi connectivity index (χ1) is 8.45. The van der Waals surface area contributed by atoms with Crippen LogP contribution in [0.15, 0.2) is 0 Å². The van der Waals surface area contributed by atoms with Gasteiger partial charge in [-0.3, -0.25) is 0 Å². The minimum Gasteiger partial charge on any atom is -0.381 e. The van der Waals surface area contributed by atoms with Crippen LogP contribution in [-0.4, -0.2) is 26.4 Å². The molecule has 0 rings (SSSR count). The molecule has 110 valence electrons. The van der Waals surface area contributed by atoms with Crippen LogP contribution in [0.5, 0.6) is 0 Å². The Hall–Kier alpha value is -0.120. The maximum atomic E-state index is 5.65. The van der Waals surface area contributed by atoms with Gasteiger partial charge in [-0.1, -0.05) is 34.6 Å². The lowest BCUT2D eigenvalue weighted by atomic mass is 9.84. The Morgan fingerprint density at radius 1 is 1.06 bits per heavy atom. The summed E-state index contributed by atoms with van der Waals surface area (Å²) in [5.74, 6) is 0.752. The molecule has 1 N–H and O–H groups in total. The fraction of sp³-hybridized carbons (Fsp3) is 1.00. The van der Waals surface area contributed by atoms with Gasteiger partial charge in [0, 0.05) is 19.8 Å². The van der Waals surface area contributed by atoms with Crippen molar-refractivity contribution in [1.82, 2.24) is 5.48 Å². The number of nitrogens with one attached hydrogen (secondary N) is 1. The number of hydroxylamine groups is 1. The van der Waals surface area contributed by atoms with Gasteiger partial charge in [0.2, 0.25) is 0 Å². The Labute approximate surface area is 114 Å². The van der Waals surface area contributed by atoms with Crippen LogP contribution < -0.4 is 5.48 Å². The van der Waals surface area contributed by atoms with Crippen molar-refractivity contribution < 1.29 is 9.57 Å². The summed E-state index contributed by atoms with van der Waals surface area (Å²) < 4.78 is 5.65. The van der Waals surface area contributed by atoms with Crippen LogP contribution in [0.4, 0.5) is 0 Å². The third-order valence-electron chi connectivity index (χ3n) is 2.75. The molecule has 0 saturated carbocycles. The summed E-state index contributed by atoms with van der Waals surface area (Å²) in [6.45, 7) is 14.6. The van der Waals surface area contributed by atoms with E-state index in [-0.39, 0.29) is 0 Å². The van der Waals surface area contributed by atoms with Crippen LogP contribution in [0.1, 0.15) is 60.3 Å². The van der Waals surface area contributed by atoms with Gasteiger partial charge in [-0.25, -0.2) is 5.48 Å². The van der Waals surface area contributed by atoms with E-state index in [4.69, 9.17) is 9.57 Å². The molecule has 1 atom stereocenters. The zero-order valence-electron chi connectivity index (χ0n) is 13.1. The van der Waals surface area contributed by atoms with Crippen LogP contribution in [-0.2, 0) is 9.57 Å². The minimum atomic E-state index is 0.434. The Kier molecular flexibility index (Phi) is 10.7. The lowest BCUT2D eigenvalue weighted by Crippen LogP contribution is -2.14. The first-order valence-corrected chi connectivity index (χ1v) is 7.38.